The first-order valence-corrected chi connectivity index (χ1v) is 9.13. The number of aromatic nitrogens is 2. The Morgan fingerprint density at radius 2 is 1.57 bits per heavy atom. The van der Waals surface area contributed by atoms with Gasteiger partial charge in [0.15, 0.2) is 5.82 Å². The number of benzene rings is 3. The van der Waals surface area contributed by atoms with Gasteiger partial charge in [0, 0.05) is 12.4 Å². The van der Waals surface area contributed by atoms with Gasteiger partial charge in [-0.05, 0) is 36.4 Å². The summed E-state index contributed by atoms with van der Waals surface area (Å²) in [5.74, 6) is 1.62. The lowest BCUT2D eigenvalue weighted by molar-refractivity contribution is 0.326. The van der Waals surface area contributed by atoms with Crippen LogP contribution in [0.2, 0.25) is 0 Å². The van der Waals surface area contributed by atoms with E-state index in [0.29, 0.717) is 24.5 Å². The summed E-state index contributed by atoms with van der Waals surface area (Å²) in [6.45, 7) is 1.14. The maximum absolute atomic E-state index is 14.3. The number of hydrogen-bond acceptors (Lipinski definition) is 4. The van der Waals surface area contributed by atoms with Gasteiger partial charge >= 0.3 is 0 Å². The second-order valence-corrected chi connectivity index (χ2v) is 6.45. The molecule has 4 nitrogen and oxygen atoms in total. The minimum Gasteiger partial charge on any atom is -0.492 e. The SMILES string of the molecule is CN(CCOc1ccccc1)c1nc(-c2ccccc2F)nc2ccccc12. The van der Waals surface area contributed by atoms with Crippen molar-refractivity contribution in [2.45, 2.75) is 0 Å². The van der Waals surface area contributed by atoms with Gasteiger partial charge < -0.3 is 9.64 Å². The van der Waals surface area contributed by atoms with Crippen molar-refractivity contribution in [3.8, 4) is 17.1 Å². The van der Waals surface area contributed by atoms with Crippen LogP contribution in [0, 0.1) is 5.82 Å². The number of nitrogens with zero attached hydrogens (tertiary/aromatic N) is 3. The van der Waals surface area contributed by atoms with Crippen LogP contribution in [0.3, 0.4) is 0 Å². The van der Waals surface area contributed by atoms with Crippen LogP contribution in [0.25, 0.3) is 22.3 Å². The van der Waals surface area contributed by atoms with Crippen LogP contribution in [0.5, 0.6) is 5.75 Å². The third-order valence-corrected chi connectivity index (χ3v) is 4.50. The lowest BCUT2D eigenvalue weighted by atomic mass is 10.1. The second-order valence-electron chi connectivity index (χ2n) is 6.45. The minimum absolute atomic E-state index is 0.334. The summed E-state index contributed by atoms with van der Waals surface area (Å²) in [4.78, 5) is 11.3. The molecule has 0 saturated heterocycles. The Morgan fingerprint density at radius 1 is 0.857 bits per heavy atom. The Kier molecular flexibility index (Phi) is 5.15. The predicted octanol–water partition coefficient (Wildman–Crippen LogP) is 4.95. The molecule has 0 amide bonds. The van der Waals surface area contributed by atoms with Crippen molar-refractivity contribution in [2.75, 3.05) is 25.1 Å². The van der Waals surface area contributed by atoms with E-state index in [0.717, 1.165) is 22.5 Å². The zero-order chi connectivity index (χ0) is 19.3. The van der Waals surface area contributed by atoms with E-state index in [1.807, 2.05) is 66.5 Å². The highest BCUT2D eigenvalue weighted by molar-refractivity contribution is 5.91. The largest absolute Gasteiger partial charge is 0.492 e. The topological polar surface area (TPSA) is 38.2 Å². The first kappa shape index (κ1) is 17.9. The van der Waals surface area contributed by atoms with Crippen molar-refractivity contribution in [1.82, 2.24) is 9.97 Å². The fourth-order valence-electron chi connectivity index (χ4n) is 3.04. The second kappa shape index (κ2) is 8.05. The molecule has 0 spiro atoms. The number of anilines is 1. The van der Waals surface area contributed by atoms with Gasteiger partial charge in [-0.15, -0.1) is 0 Å². The molecule has 1 heterocycles. The lowest BCUT2D eigenvalue weighted by Crippen LogP contribution is -2.25. The van der Waals surface area contributed by atoms with Crippen molar-refractivity contribution in [1.29, 1.82) is 0 Å². The van der Waals surface area contributed by atoms with Crippen LogP contribution in [0.1, 0.15) is 0 Å². The Labute approximate surface area is 163 Å². The number of ether oxygens (including phenoxy) is 1. The van der Waals surface area contributed by atoms with Crippen LogP contribution in [-0.4, -0.2) is 30.2 Å². The first-order chi connectivity index (χ1) is 13.7. The zero-order valence-corrected chi connectivity index (χ0v) is 15.5. The van der Waals surface area contributed by atoms with Gasteiger partial charge in [0.2, 0.25) is 0 Å². The van der Waals surface area contributed by atoms with E-state index in [1.54, 1.807) is 18.2 Å². The molecule has 0 atom stereocenters. The summed E-state index contributed by atoms with van der Waals surface area (Å²) in [7, 11) is 1.95. The summed E-state index contributed by atoms with van der Waals surface area (Å²) in [5, 5.41) is 0.921. The van der Waals surface area contributed by atoms with Gasteiger partial charge in [-0.2, -0.15) is 0 Å². The normalized spacial score (nSPS) is 10.8. The molecule has 5 heteroatoms. The molecule has 0 fully saturated rings. The molecular weight excluding hydrogens is 353 g/mol. The smallest absolute Gasteiger partial charge is 0.165 e. The molecule has 0 aliphatic heterocycles. The molecule has 0 unspecified atom stereocenters. The van der Waals surface area contributed by atoms with Crippen LogP contribution < -0.4 is 9.64 Å². The molecule has 4 rings (SSSR count). The standard InChI is InChI=1S/C23H20FN3O/c1-27(15-16-28-17-9-3-2-4-10-17)23-19-12-6-8-14-21(19)25-22(26-23)18-11-5-7-13-20(18)24/h2-14H,15-16H2,1H3. The third-order valence-electron chi connectivity index (χ3n) is 4.50. The predicted molar refractivity (Wildman–Crippen MR) is 110 cm³/mol. The van der Waals surface area contributed by atoms with Crippen LogP contribution in [-0.2, 0) is 0 Å². The molecule has 1 aromatic heterocycles. The molecular formula is C23H20FN3O. The maximum atomic E-state index is 14.3. The summed E-state index contributed by atoms with van der Waals surface area (Å²) in [5.41, 5.74) is 1.17. The van der Waals surface area contributed by atoms with Gasteiger partial charge in [-0.3, -0.25) is 0 Å². The van der Waals surface area contributed by atoms with Crippen LogP contribution in [0.4, 0.5) is 10.2 Å². The average Bonchev–Trinajstić information content (AvgIpc) is 2.74. The van der Waals surface area contributed by atoms with E-state index >= 15 is 0 Å². The van der Waals surface area contributed by atoms with Crippen LogP contribution >= 0.6 is 0 Å². The van der Waals surface area contributed by atoms with Gasteiger partial charge in [-0.25, -0.2) is 14.4 Å². The fraction of sp³-hybridized carbons (Fsp3) is 0.130. The summed E-state index contributed by atoms with van der Waals surface area (Å²) in [6.07, 6.45) is 0. The molecule has 0 aliphatic rings. The van der Waals surface area contributed by atoms with E-state index in [1.165, 1.54) is 6.07 Å². The lowest BCUT2D eigenvalue weighted by Gasteiger charge is -2.21. The van der Waals surface area contributed by atoms with Crippen LogP contribution in [0.15, 0.2) is 78.9 Å². The van der Waals surface area contributed by atoms with Crippen molar-refractivity contribution in [2.24, 2.45) is 0 Å². The van der Waals surface area contributed by atoms with Gasteiger partial charge in [-0.1, -0.05) is 42.5 Å². The molecule has 0 saturated carbocycles. The summed E-state index contributed by atoms with van der Waals surface area (Å²) >= 11 is 0. The molecule has 0 aliphatic carbocycles. The third kappa shape index (κ3) is 3.78. The van der Waals surface area contributed by atoms with Crippen molar-refractivity contribution < 1.29 is 9.13 Å². The summed E-state index contributed by atoms with van der Waals surface area (Å²) < 4.78 is 20.1. The maximum Gasteiger partial charge on any atom is 0.165 e. The Hall–Kier alpha value is -3.47. The Morgan fingerprint density at radius 3 is 2.39 bits per heavy atom. The van der Waals surface area contributed by atoms with E-state index in [-0.39, 0.29) is 5.82 Å². The first-order valence-electron chi connectivity index (χ1n) is 9.13. The Bertz CT molecular complexity index is 1090. The van der Waals surface area contributed by atoms with Crippen molar-refractivity contribution in [3.63, 3.8) is 0 Å². The minimum atomic E-state index is -0.334. The van der Waals surface area contributed by atoms with E-state index in [4.69, 9.17) is 4.74 Å². The number of rotatable bonds is 6. The summed E-state index contributed by atoms with van der Waals surface area (Å²) in [6, 6.07) is 24.0. The molecule has 28 heavy (non-hydrogen) atoms. The highest BCUT2D eigenvalue weighted by Gasteiger charge is 2.15. The van der Waals surface area contributed by atoms with Crippen molar-refractivity contribution >= 4 is 16.7 Å². The molecule has 0 bridgehead atoms. The zero-order valence-electron chi connectivity index (χ0n) is 15.5. The number of halogens is 1. The van der Waals surface area contributed by atoms with Gasteiger partial charge in [0.1, 0.15) is 24.0 Å². The van der Waals surface area contributed by atoms with E-state index < -0.39 is 0 Å². The highest BCUT2D eigenvalue weighted by Crippen LogP contribution is 2.28. The van der Waals surface area contributed by atoms with Crippen molar-refractivity contribution in [3.05, 3.63) is 84.7 Å². The molecule has 3 aromatic carbocycles. The number of hydrogen-bond donors (Lipinski definition) is 0. The number of likely N-dealkylation sites (N-methyl/N-ethyl adjacent to an activating group) is 1. The van der Waals surface area contributed by atoms with E-state index in [9.17, 15) is 4.39 Å². The number of fused-ring (bicyclic) bond motifs is 1. The quantitative estimate of drug-likeness (QED) is 0.479. The highest BCUT2D eigenvalue weighted by atomic mass is 19.1. The van der Waals surface area contributed by atoms with Gasteiger partial charge in [0.05, 0.1) is 17.6 Å². The van der Waals surface area contributed by atoms with E-state index in [2.05, 4.69) is 9.97 Å². The van der Waals surface area contributed by atoms with Gasteiger partial charge in [0.25, 0.3) is 0 Å². The molecule has 140 valence electrons. The molecule has 0 N–H and O–H groups in total. The average molecular weight is 373 g/mol. The fourth-order valence-corrected chi connectivity index (χ4v) is 3.04. The molecule has 4 aromatic rings. The monoisotopic (exact) mass is 373 g/mol. The number of para-hydroxylation sites is 2. The Balaban J connectivity index is 1.64. The molecule has 0 radical (unpaired) electrons.